The lowest BCUT2D eigenvalue weighted by atomic mass is 9.85. The largest absolute Gasteiger partial charge is 0.360 e. The maximum absolute atomic E-state index is 11.7. The summed E-state index contributed by atoms with van der Waals surface area (Å²) in [6.45, 7) is 0.260. The van der Waals surface area contributed by atoms with Crippen LogP contribution < -0.4 is 5.32 Å². The lowest BCUT2D eigenvalue weighted by Gasteiger charge is -2.23. The summed E-state index contributed by atoms with van der Waals surface area (Å²) >= 11 is 0. The van der Waals surface area contributed by atoms with Crippen molar-refractivity contribution in [2.45, 2.75) is 44.6 Å². The molecule has 2 aromatic rings. The van der Waals surface area contributed by atoms with Gasteiger partial charge in [-0.15, -0.1) is 0 Å². The van der Waals surface area contributed by atoms with Gasteiger partial charge < -0.3 is 14.4 Å². The van der Waals surface area contributed by atoms with Crippen molar-refractivity contribution >= 4 is 5.91 Å². The second-order valence-electron chi connectivity index (χ2n) is 5.75. The molecule has 2 fully saturated rings. The topological polar surface area (TPSA) is 94.1 Å². The van der Waals surface area contributed by atoms with E-state index in [4.69, 9.17) is 9.05 Å². The molecule has 7 heteroatoms. The van der Waals surface area contributed by atoms with E-state index in [-0.39, 0.29) is 18.4 Å². The fraction of sp³-hybridized carbons (Fsp3) is 0.571. The number of hydrogen-bond acceptors (Lipinski definition) is 6. The molecule has 0 saturated heterocycles. The molecule has 1 N–H and O–H groups in total. The lowest BCUT2D eigenvalue weighted by Crippen LogP contribution is -2.34. The van der Waals surface area contributed by atoms with Crippen LogP contribution in [0.4, 0.5) is 0 Å². The zero-order chi connectivity index (χ0) is 14.2. The van der Waals surface area contributed by atoms with E-state index in [0.29, 0.717) is 23.3 Å². The number of rotatable bonds is 5. The number of carbonyl (C=O) groups is 1. The third-order valence-corrected chi connectivity index (χ3v) is 4.10. The quantitative estimate of drug-likeness (QED) is 0.904. The first-order valence-corrected chi connectivity index (χ1v) is 7.37. The molecule has 0 spiro atoms. The number of amides is 1. The first kappa shape index (κ1) is 12.6. The highest BCUT2D eigenvalue weighted by Crippen LogP contribution is 2.40. The monoisotopic (exact) mass is 288 g/mol. The van der Waals surface area contributed by atoms with Crippen LogP contribution in [0.15, 0.2) is 15.1 Å². The maximum Gasteiger partial charge on any atom is 0.246 e. The van der Waals surface area contributed by atoms with Gasteiger partial charge in [-0.25, -0.2) is 0 Å². The van der Waals surface area contributed by atoms with Crippen LogP contribution >= 0.6 is 0 Å². The molecule has 1 amide bonds. The normalized spacial score (nSPS) is 18.5. The number of nitrogens with zero attached hydrogens (tertiary/aromatic N) is 3. The minimum atomic E-state index is 0.0680. The SMILES string of the molecule is O=C(NCc1nc(-c2cc(C3CC3)on2)no1)C1CCC1. The van der Waals surface area contributed by atoms with Gasteiger partial charge in [0.05, 0.1) is 6.54 Å². The van der Waals surface area contributed by atoms with Crippen molar-refractivity contribution in [3.05, 3.63) is 17.7 Å². The predicted octanol–water partition coefficient (Wildman–Crippen LogP) is 2.02. The van der Waals surface area contributed by atoms with Crippen LogP contribution in [0.25, 0.3) is 11.5 Å². The van der Waals surface area contributed by atoms with Crippen molar-refractivity contribution in [1.29, 1.82) is 0 Å². The van der Waals surface area contributed by atoms with Gasteiger partial charge in [-0.3, -0.25) is 4.79 Å². The molecule has 21 heavy (non-hydrogen) atoms. The molecule has 2 saturated carbocycles. The molecular formula is C14H16N4O3. The van der Waals surface area contributed by atoms with E-state index in [2.05, 4.69) is 20.6 Å². The van der Waals surface area contributed by atoms with Gasteiger partial charge in [0.1, 0.15) is 5.76 Å². The summed E-state index contributed by atoms with van der Waals surface area (Å²) in [5, 5.41) is 10.7. The zero-order valence-corrected chi connectivity index (χ0v) is 11.5. The lowest BCUT2D eigenvalue weighted by molar-refractivity contribution is -0.127. The highest BCUT2D eigenvalue weighted by molar-refractivity contribution is 5.79. The van der Waals surface area contributed by atoms with Gasteiger partial charge in [-0.05, 0) is 25.7 Å². The summed E-state index contributed by atoms with van der Waals surface area (Å²) in [5.74, 6) is 2.39. The highest BCUT2D eigenvalue weighted by Gasteiger charge is 2.29. The highest BCUT2D eigenvalue weighted by atomic mass is 16.5. The Balaban J connectivity index is 1.38. The number of carbonyl (C=O) groups excluding carboxylic acids is 1. The van der Waals surface area contributed by atoms with E-state index in [1.165, 1.54) is 0 Å². The Bertz CT molecular complexity index is 655. The van der Waals surface area contributed by atoms with E-state index in [0.717, 1.165) is 37.9 Å². The van der Waals surface area contributed by atoms with Crippen LogP contribution in [0.2, 0.25) is 0 Å². The molecule has 2 aliphatic carbocycles. The Labute approximate surface area is 121 Å². The van der Waals surface area contributed by atoms with Crippen LogP contribution in [0.3, 0.4) is 0 Å². The summed E-state index contributed by atoms with van der Waals surface area (Å²) in [6.07, 6.45) is 5.39. The second kappa shape index (κ2) is 4.98. The number of hydrogen-bond donors (Lipinski definition) is 1. The van der Waals surface area contributed by atoms with Gasteiger partial charge in [0.15, 0.2) is 5.69 Å². The van der Waals surface area contributed by atoms with Gasteiger partial charge in [0, 0.05) is 17.9 Å². The van der Waals surface area contributed by atoms with Crippen LogP contribution in [0.5, 0.6) is 0 Å². The fourth-order valence-corrected chi connectivity index (χ4v) is 2.36. The third-order valence-electron chi connectivity index (χ3n) is 4.10. The Morgan fingerprint density at radius 3 is 2.81 bits per heavy atom. The van der Waals surface area contributed by atoms with E-state index in [1.54, 1.807) is 0 Å². The maximum atomic E-state index is 11.7. The average Bonchev–Trinajstić information content (AvgIpc) is 2.98. The summed E-state index contributed by atoms with van der Waals surface area (Å²) < 4.78 is 10.4. The van der Waals surface area contributed by atoms with Crippen LogP contribution in [0, 0.1) is 5.92 Å². The van der Waals surface area contributed by atoms with E-state index >= 15 is 0 Å². The summed E-state index contributed by atoms with van der Waals surface area (Å²) in [6, 6.07) is 1.86. The fourth-order valence-electron chi connectivity index (χ4n) is 2.36. The molecule has 0 radical (unpaired) electrons. The van der Waals surface area contributed by atoms with Crippen molar-refractivity contribution in [1.82, 2.24) is 20.6 Å². The van der Waals surface area contributed by atoms with Crippen LogP contribution in [0.1, 0.15) is 49.7 Å². The van der Waals surface area contributed by atoms with E-state index in [1.807, 2.05) is 6.07 Å². The molecule has 7 nitrogen and oxygen atoms in total. The number of nitrogens with one attached hydrogen (secondary N) is 1. The molecule has 0 atom stereocenters. The van der Waals surface area contributed by atoms with Gasteiger partial charge in [-0.1, -0.05) is 16.7 Å². The minimum Gasteiger partial charge on any atom is -0.360 e. The van der Waals surface area contributed by atoms with Crippen LogP contribution in [-0.4, -0.2) is 21.2 Å². The molecule has 2 aromatic heterocycles. The predicted molar refractivity (Wildman–Crippen MR) is 71.0 cm³/mol. The van der Waals surface area contributed by atoms with Crippen LogP contribution in [-0.2, 0) is 11.3 Å². The van der Waals surface area contributed by atoms with Crippen molar-refractivity contribution in [3.8, 4) is 11.5 Å². The molecule has 0 aromatic carbocycles. The molecule has 0 unspecified atom stereocenters. The zero-order valence-electron chi connectivity index (χ0n) is 11.5. The molecule has 4 rings (SSSR count). The molecule has 110 valence electrons. The Hall–Kier alpha value is -2.18. The Morgan fingerprint density at radius 2 is 2.10 bits per heavy atom. The second-order valence-corrected chi connectivity index (χ2v) is 5.75. The van der Waals surface area contributed by atoms with E-state index in [9.17, 15) is 4.79 Å². The van der Waals surface area contributed by atoms with Crippen molar-refractivity contribution < 1.29 is 13.8 Å². The van der Waals surface area contributed by atoms with Gasteiger partial charge in [0.25, 0.3) is 0 Å². The third kappa shape index (κ3) is 2.55. The smallest absolute Gasteiger partial charge is 0.246 e. The van der Waals surface area contributed by atoms with Gasteiger partial charge in [0.2, 0.25) is 17.6 Å². The van der Waals surface area contributed by atoms with E-state index < -0.39 is 0 Å². The van der Waals surface area contributed by atoms with Gasteiger partial charge >= 0.3 is 0 Å². The molecule has 2 aliphatic rings. The summed E-state index contributed by atoms with van der Waals surface area (Å²) in [5.41, 5.74) is 0.581. The molecule has 0 aliphatic heterocycles. The molecule has 0 bridgehead atoms. The first-order valence-electron chi connectivity index (χ1n) is 7.37. The summed E-state index contributed by atoms with van der Waals surface area (Å²) in [4.78, 5) is 16.0. The molecular weight excluding hydrogens is 272 g/mol. The average molecular weight is 288 g/mol. The van der Waals surface area contributed by atoms with Crippen molar-refractivity contribution in [2.24, 2.45) is 5.92 Å². The Kier molecular flexibility index (Phi) is 2.98. The Morgan fingerprint density at radius 1 is 1.24 bits per heavy atom. The van der Waals surface area contributed by atoms with Gasteiger partial charge in [-0.2, -0.15) is 4.98 Å². The van der Waals surface area contributed by atoms with Crippen molar-refractivity contribution in [2.75, 3.05) is 0 Å². The standard InChI is InChI=1S/C14H16N4O3/c19-14(9-2-1-3-9)15-7-12-16-13(18-21-12)10-6-11(20-17-10)8-4-5-8/h6,8-9H,1-5,7H2,(H,15,19). The van der Waals surface area contributed by atoms with Crippen molar-refractivity contribution in [3.63, 3.8) is 0 Å². The molecule has 2 heterocycles. The summed E-state index contributed by atoms with van der Waals surface area (Å²) in [7, 11) is 0. The number of aromatic nitrogens is 3. The minimum absolute atomic E-state index is 0.0680. The first-order chi connectivity index (χ1) is 10.3.